The predicted molar refractivity (Wildman–Crippen MR) is 114 cm³/mol. The van der Waals surface area contributed by atoms with E-state index in [2.05, 4.69) is 10.2 Å². The number of anilines is 1. The zero-order valence-corrected chi connectivity index (χ0v) is 16.2. The van der Waals surface area contributed by atoms with Gasteiger partial charge in [0, 0.05) is 12.2 Å². The van der Waals surface area contributed by atoms with Crippen LogP contribution in [0.1, 0.15) is 16.7 Å². The summed E-state index contributed by atoms with van der Waals surface area (Å²) in [5.41, 5.74) is 3.65. The molecule has 0 fully saturated rings. The van der Waals surface area contributed by atoms with Crippen molar-refractivity contribution in [1.82, 2.24) is 0 Å². The van der Waals surface area contributed by atoms with Crippen LogP contribution in [0.3, 0.4) is 0 Å². The molecule has 0 atom stereocenters. The van der Waals surface area contributed by atoms with Crippen molar-refractivity contribution >= 4 is 48.9 Å². The van der Waals surface area contributed by atoms with E-state index in [1.165, 1.54) is 6.21 Å². The van der Waals surface area contributed by atoms with Gasteiger partial charge in [-0.2, -0.15) is 10.2 Å². The molecule has 146 valence electrons. The number of halogens is 2. The second-order valence-electron chi connectivity index (χ2n) is 5.46. The summed E-state index contributed by atoms with van der Waals surface area (Å²) in [6, 6.07) is 15.2. The van der Waals surface area contributed by atoms with Gasteiger partial charge in [-0.05, 0) is 35.2 Å². The van der Waals surface area contributed by atoms with Crippen molar-refractivity contribution in [1.29, 1.82) is 0 Å². The summed E-state index contributed by atoms with van der Waals surface area (Å²) in [6.45, 7) is 0.487. The Hall–Kier alpha value is -2.77. The molecule has 2 aromatic carbocycles. The van der Waals surface area contributed by atoms with Crippen LogP contribution in [-0.4, -0.2) is 36.6 Å². The molecule has 7 nitrogen and oxygen atoms in total. The van der Waals surface area contributed by atoms with Gasteiger partial charge in [-0.1, -0.05) is 36.4 Å². The Morgan fingerprint density at radius 2 is 1.63 bits per heavy atom. The van der Waals surface area contributed by atoms with Crippen molar-refractivity contribution in [3.63, 3.8) is 0 Å². The number of rotatable bonds is 8. The van der Waals surface area contributed by atoms with Gasteiger partial charge in [0.15, 0.2) is 0 Å². The molecule has 0 heterocycles. The molecule has 0 aromatic heterocycles. The van der Waals surface area contributed by atoms with E-state index in [0.717, 1.165) is 22.4 Å². The van der Waals surface area contributed by atoms with Gasteiger partial charge < -0.3 is 21.7 Å². The Kier molecular flexibility index (Phi) is 11.3. The molecule has 0 aliphatic carbocycles. The number of carboxylic acids is 1. The van der Waals surface area contributed by atoms with E-state index in [1.54, 1.807) is 6.21 Å². The summed E-state index contributed by atoms with van der Waals surface area (Å²) in [7, 11) is 0. The summed E-state index contributed by atoms with van der Waals surface area (Å²) in [6.07, 6.45) is 3.81. The van der Waals surface area contributed by atoms with Crippen molar-refractivity contribution in [3.8, 4) is 0 Å². The van der Waals surface area contributed by atoms with Crippen LogP contribution in [0.2, 0.25) is 0 Å². The molecule has 5 N–H and O–H groups in total. The molecule has 9 heteroatoms. The van der Waals surface area contributed by atoms with Crippen molar-refractivity contribution in [2.24, 2.45) is 21.9 Å². The number of aliphatic carboxylic acids is 1. The molecule has 2 rings (SSSR count). The van der Waals surface area contributed by atoms with Gasteiger partial charge >= 0.3 is 5.97 Å². The fourth-order valence-corrected chi connectivity index (χ4v) is 2.47. The zero-order valence-electron chi connectivity index (χ0n) is 14.6. The van der Waals surface area contributed by atoms with Gasteiger partial charge in [0.1, 0.15) is 6.54 Å². The standard InChI is InChI=1S/C18H21N5O2.2ClH/c19-21-11-15-6-4-14(5-7-15)8-9-23(13-18(24)25)17-3-1-2-16(10-17)12-22-20;;/h1-7,10-12H,8-9,13,19-20H2,(H,24,25);2*1H. The van der Waals surface area contributed by atoms with Gasteiger partial charge in [-0.3, -0.25) is 4.79 Å². The normalized spacial score (nSPS) is 10.4. The van der Waals surface area contributed by atoms with Gasteiger partial charge in [0.2, 0.25) is 0 Å². The minimum absolute atomic E-state index is 0. The van der Waals surface area contributed by atoms with Crippen molar-refractivity contribution in [2.75, 3.05) is 18.0 Å². The molecule has 0 aliphatic rings. The van der Waals surface area contributed by atoms with Crippen LogP contribution in [0.15, 0.2) is 58.7 Å². The molecule has 0 bridgehead atoms. The number of benzene rings is 2. The molecule has 0 radical (unpaired) electrons. The number of hydrogen-bond acceptors (Lipinski definition) is 6. The Labute approximate surface area is 170 Å². The maximum Gasteiger partial charge on any atom is 0.323 e. The number of hydrazone groups is 2. The number of nitrogens with two attached hydrogens (primary N) is 2. The predicted octanol–water partition coefficient (Wildman–Crippen LogP) is 2.25. The Morgan fingerprint density at radius 1 is 1.00 bits per heavy atom. The molecule has 0 aliphatic heterocycles. The molecule has 0 saturated carbocycles. The maximum absolute atomic E-state index is 11.2. The molecule has 0 unspecified atom stereocenters. The van der Waals surface area contributed by atoms with E-state index in [9.17, 15) is 9.90 Å². The summed E-state index contributed by atoms with van der Waals surface area (Å²) >= 11 is 0. The lowest BCUT2D eigenvalue weighted by molar-refractivity contribution is -0.135. The molecule has 27 heavy (non-hydrogen) atoms. The van der Waals surface area contributed by atoms with Crippen molar-refractivity contribution in [2.45, 2.75) is 6.42 Å². The maximum atomic E-state index is 11.2. The Bertz CT molecular complexity index is 767. The van der Waals surface area contributed by atoms with Crippen LogP contribution in [0.5, 0.6) is 0 Å². The van der Waals surface area contributed by atoms with Crippen molar-refractivity contribution < 1.29 is 9.90 Å². The molecular formula is C18H23Cl2N5O2. The minimum atomic E-state index is -0.882. The third-order valence-corrected chi connectivity index (χ3v) is 3.66. The average Bonchev–Trinajstić information content (AvgIpc) is 2.60. The minimum Gasteiger partial charge on any atom is -0.480 e. The smallest absolute Gasteiger partial charge is 0.323 e. The van der Waals surface area contributed by atoms with Crippen LogP contribution < -0.4 is 16.6 Å². The summed E-state index contributed by atoms with van der Waals surface area (Å²) in [5, 5.41) is 16.2. The van der Waals surface area contributed by atoms with E-state index >= 15 is 0 Å². The number of hydrogen-bond donors (Lipinski definition) is 3. The van der Waals surface area contributed by atoms with Crippen LogP contribution in [0.25, 0.3) is 0 Å². The average molecular weight is 412 g/mol. The molecule has 0 saturated heterocycles. The largest absolute Gasteiger partial charge is 0.480 e. The first kappa shape index (κ1) is 24.2. The van der Waals surface area contributed by atoms with Crippen LogP contribution in [0.4, 0.5) is 5.69 Å². The molecule has 0 spiro atoms. The van der Waals surface area contributed by atoms with E-state index in [1.807, 2.05) is 53.4 Å². The number of carbonyl (C=O) groups is 1. The lowest BCUT2D eigenvalue weighted by atomic mass is 10.1. The zero-order chi connectivity index (χ0) is 18.1. The van der Waals surface area contributed by atoms with Gasteiger partial charge in [-0.15, -0.1) is 24.8 Å². The Morgan fingerprint density at radius 3 is 2.22 bits per heavy atom. The lowest BCUT2D eigenvalue weighted by Gasteiger charge is -2.23. The molecule has 2 aromatic rings. The third kappa shape index (κ3) is 7.98. The van der Waals surface area contributed by atoms with E-state index in [0.29, 0.717) is 13.0 Å². The first-order valence-electron chi connectivity index (χ1n) is 7.74. The Balaban J connectivity index is 0.00000338. The topological polar surface area (TPSA) is 117 Å². The number of nitrogens with zero attached hydrogens (tertiary/aromatic N) is 3. The van der Waals surface area contributed by atoms with Crippen LogP contribution in [-0.2, 0) is 11.2 Å². The highest BCUT2D eigenvalue weighted by Crippen LogP contribution is 2.16. The fourth-order valence-electron chi connectivity index (χ4n) is 2.47. The SMILES string of the molecule is Cl.Cl.NN=Cc1ccc(CCN(CC(=O)O)c2cccc(C=NN)c2)cc1. The van der Waals surface area contributed by atoms with E-state index in [-0.39, 0.29) is 31.4 Å². The van der Waals surface area contributed by atoms with Gasteiger partial charge in [-0.25, -0.2) is 0 Å². The first-order chi connectivity index (χ1) is 12.1. The first-order valence-corrected chi connectivity index (χ1v) is 7.74. The second-order valence-corrected chi connectivity index (χ2v) is 5.46. The van der Waals surface area contributed by atoms with Crippen LogP contribution >= 0.6 is 24.8 Å². The van der Waals surface area contributed by atoms with Crippen LogP contribution in [0, 0.1) is 0 Å². The van der Waals surface area contributed by atoms with E-state index < -0.39 is 5.97 Å². The monoisotopic (exact) mass is 411 g/mol. The highest BCUT2D eigenvalue weighted by atomic mass is 35.5. The fraction of sp³-hybridized carbons (Fsp3) is 0.167. The quantitative estimate of drug-likeness (QED) is 0.349. The van der Waals surface area contributed by atoms with Gasteiger partial charge in [0.25, 0.3) is 0 Å². The third-order valence-electron chi connectivity index (χ3n) is 3.66. The van der Waals surface area contributed by atoms with Crippen molar-refractivity contribution in [3.05, 3.63) is 65.2 Å². The summed E-state index contributed by atoms with van der Waals surface area (Å²) < 4.78 is 0. The highest BCUT2D eigenvalue weighted by Gasteiger charge is 2.11. The van der Waals surface area contributed by atoms with Gasteiger partial charge in [0.05, 0.1) is 12.4 Å². The highest BCUT2D eigenvalue weighted by molar-refractivity contribution is 5.85. The van der Waals surface area contributed by atoms with E-state index in [4.69, 9.17) is 11.7 Å². The molecule has 0 amide bonds. The summed E-state index contributed by atoms with van der Waals surface area (Å²) in [4.78, 5) is 13.0. The second kappa shape index (κ2) is 12.6. The number of carboxylic acid groups (broad SMARTS) is 1. The lowest BCUT2D eigenvalue weighted by Crippen LogP contribution is -2.31. The molecular weight excluding hydrogens is 389 g/mol. The summed E-state index contributed by atoms with van der Waals surface area (Å²) in [5.74, 6) is 9.43.